The molecule has 3 atom stereocenters. The molecular formula is C45H48N2O7. The number of aliphatic imine (C=N–C) groups is 1. The number of fused-ring (bicyclic) bond motifs is 1. The summed E-state index contributed by atoms with van der Waals surface area (Å²) in [6.07, 6.45) is 8.17. The Morgan fingerprint density at radius 2 is 1.70 bits per heavy atom. The Bertz CT molecular complexity index is 2140. The van der Waals surface area contributed by atoms with E-state index in [9.17, 15) is 25.2 Å². The molecule has 0 spiro atoms. The molecule has 9 nitrogen and oxygen atoms in total. The van der Waals surface area contributed by atoms with Crippen LogP contribution in [0.3, 0.4) is 0 Å². The van der Waals surface area contributed by atoms with E-state index in [-0.39, 0.29) is 42.3 Å². The lowest BCUT2D eigenvalue weighted by atomic mass is 9.71. The van der Waals surface area contributed by atoms with Gasteiger partial charge in [0.1, 0.15) is 17.9 Å². The van der Waals surface area contributed by atoms with Crippen molar-refractivity contribution in [2.75, 3.05) is 20.8 Å². The van der Waals surface area contributed by atoms with Crippen LogP contribution in [0.4, 0.5) is 0 Å². The zero-order valence-electron chi connectivity index (χ0n) is 31.0. The van der Waals surface area contributed by atoms with E-state index in [4.69, 9.17) is 9.47 Å². The molecular weight excluding hydrogens is 681 g/mol. The summed E-state index contributed by atoms with van der Waals surface area (Å²) in [7, 11) is 3.00. The maximum Gasteiger partial charge on any atom is 0.176 e. The van der Waals surface area contributed by atoms with Crippen LogP contribution in [0.2, 0.25) is 0 Å². The van der Waals surface area contributed by atoms with Gasteiger partial charge >= 0.3 is 0 Å². The number of methoxy groups -OCH3 is 2. The third kappa shape index (κ3) is 8.33. The molecule has 1 aliphatic heterocycles. The molecule has 2 heterocycles. The van der Waals surface area contributed by atoms with Crippen LogP contribution in [0.1, 0.15) is 53.1 Å². The predicted molar refractivity (Wildman–Crippen MR) is 210 cm³/mol. The maximum atomic E-state index is 14.6. The van der Waals surface area contributed by atoms with Crippen molar-refractivity contribution in [3.8, 4) is 23.0 Å². The molecule has 280 valence electrons. The Labute approximate surface area is 316 Å². The first-order chi connectivity index (χ1) is 26.2. The summed E-state index contributed by atoms with van der Waals surface area (Å²) < 4.78 is 11.2. The molecule has 54 heavy (non-hydrogen) atoms. The van der Waals surface area contributed by atoms with Crippen molar-refractivity contribution in [2.24, 2.45) is 16.3 Å². The average Bonchev–Trinajstić information content (AvgIpc) is 3.91. The number of ether oxygens (including phenoxy) is 2. The Morgan fingerprint density at radius 3 is 2.41 bits per heavy atom. The van der Waals surface area contributed by atoms with Gasteiger partial charge in [0.15, 0.2) is 29.2 Å². The van der Waals surface area contributed by atoms with Gasteiger partial charge in [0.2, 0.25) is 0 Å². The average molecular weight is 729 g/mol. The molecule has 0 aliphatic carbocycles. The van der Waals surface area contributed by atoms with E-state index in [1.165, 1.54) is 18.7 Å². The lowest BCUT2D eigenvalue weighted by Gasteiger charge is -2.32. The Balaban J connectivity index is 1.36. The highest BCUT2D eigenvalue weighted by Crippen LogP contribution is 2.40. The first kappa shape index (κ1) is 38.2. The first-order valence-electron chi connectivity index (χ1n) is 18.3. The number of phenols is 2. The fourth-order valence-electron chi connectivity index (χ4n) is 7.81. The van der Waals surface area contributed by atoms with Crippen molar-refractivity contribution < 1.29 is 34.7 Å². The molecule has 3 unspecified atom stereocenters. The number of hydrogen-bond acceptors (Lipinski definition) is 8. The van der Waals surface area contributed by atoms with Gasteiger partial charge in [0, 0.05) is 24.8 Å². The van der Waals surface area contributed by atoms with Crippen molar-refractivity contribution in [3.05, 3.63) is 137 Å². The van der Waals surface area contributed by atoms with E-state index in [1.807, 2.05) is 30.3 Å². The van der Waals surface area contributed by atoms with Crippen molar-refractivity contribution in [1.82, 2.24) is 4.98 Å². The van der Waals surface area contributed by atoms with Crippen LogP contribution in [0.5, 0.6) is 23.0 Å². The van der Waals surface area contributed by atoms with Crippen LogP contribution in [0.25, 0.3) is 10.8 Å². The van der Waals surface area contributed by atoms with Crippen molar-refractivity contribution >= 4 is 22.8 Å². The molecule has 0 bridgehead atoms. The van der Waals surface area contributed by atoms with E-state index in [1.54, 1.807) is 50.5 Å². The molecule has 1 aliphatic rings. The normalized spacial score (nSPS) is 14.6. The van der Waals surface area contributed by atoms with Gasteiger partial charge in [-0.1, -0.05) is 67.1 Å². The summed E-state index contributed by atoms with van der Waals surface area (Å²) in [6, 6.07) is 22.8. The minimum Gasteiger partial charge on any atom is -0.670 e. The van der Waals surface area contributed by atoms with Crippen LogP contribution >= 0.6 is 0 Å². The number of nitrogens with zero attached hydrogens (tertiary/aromatic N) is 2. The van der Waals surface area contributed by atoms with Crippen LogP contribution in [-0.4, -0.2) is 59.4 Å². The lowest BCUT2D eigenvalue weighted by Crippen LogP contribution is -2.41. The van der Waals surface area contributed by atoms with E-state index in [0.717, 1.165) is 45.0 Å². The van der Waals surface area contributed by atoms with Crippen molar-refractivity contribution in [1.29, 1.82) is 0 Å². The number of ketones is 1. The number of aryl methyl sites for hydroxylation is 1. The SMILES string of the molecule is CCc1ccc2ccccc2c1Cc1c(CC(Cc2cc[n-]c2)C(O)CC(=O)C(CO)(CC2=C[CH+]N=C2)Cc2ccc(O)c(OC)c2)ccc(O)c1OC. The van der Waals surface area contributed by atoms with Crippen LogP contribution in [-0.2, 0) is 36.9 Å². The fraction of sp³-hybridized carbons (Fsp3) is 0.311. The molecule has 4 N–H and O–H groups in total. The fourth-order valence-corrected chi connectivity index (χ4v) is 7.81. The van der Waals surface area contributed by atoms with Gasteiger partial charge in [-0.15, -0.1) is 4.99 Å². The Morgan fingerprint density at radius 1 is 0.907 bits per heavy atom. The van der Waals surface area contributed by atoms with Gasteiger partial charge in [-0.05, 0) is 82.8 Å². The number of aliphatic hydroxyl groups excluding tert-OH is 2. The topological polar surface area (TPSA) is 143 Å². The molecule has 0 saturated heterocycles. The van der Waals surface area contributed by atoms with Crippen LogP contribution in [0, 0.1) is 17.9 Å². The number of hydrogen-bond donors (Lipinski definition) is 4. The third-order valence-electron chi connectivity index (χ3n) is 10.8. The molecule has 1 aromatic heterocycles. The summed E-state index contributed by atoms with van der Waals surface area (Å²) in [5.74, 6) is -0.0752. The van der Waals surface area contributed by atoms with Crippen LogP contribution in [0.15, 0.2) is 102 Å². The molecule has 0 radical (unpaired) electrons. The number of allylic oxidation sites excluding steroid dienone is 1. The second kappa shape index (κ2) is 17.1. The van der Waals surface area contributed by atoms with Crippen LogP contribution < -0.4 is 14.5 Å². The summed E-state index contributed by atoms with van der Waals surface area (Å²) in [5, 5.41) is 46.6. The molecule has 0 amide bonds. The molecule has 4 aromatic carbocycles. The number of carbonyl (C=O) groups is 1. The molecule has 9 heteroatoms. The van der Waals surface area contributed by atoms with E-state index < -0.39 is 24.0 Å². The lowest BCUT2D eigenvalue weighted by molar-refractivity contribution is -0.134. The number of rotatable bonds is 18. The van der Waals surface area contributed by atoms with Gasteiger partial charge in [0.25, 0.3) is 0 Å². The molecule has 0 fully saturated rings. The zero-order valence-corrected chi connectivity index (χ0v) is 31.0. The Kier molecular flexibility index (Phi) is 12.1. The number of aromatic nitrogens is 1. The summed E-state index contributed by atoms with van der Waals surface area (Å²) >= 11 is 0. The summed E-state index contributed by atoms with van der Waals surface area (Å²) in [6.45, 7) is 3.31. The zero-order chi connectivity index (χ0) is 38.2. The number of aliphatic hydroxyl groups is 2. The van der Waals surface area contributed by atoms with Gasteiger partial charge < -0.3 is 34.9 Å². The maximum absolute atomic E-state index is 14.6. The second-order valence-electron chi connectivity index (χ2n) is 14.2. The quantitative estimate of drug-likeness (QED) is 0.0716. The monoisotopic (exact) mass is 728 g/mol. The number of benzene rings is 4. The standard InChI is InChI=1S/C45H48N2O7/c1-4-32-10-11-33-7-5-6-8-36(33)37(32)22-38-34(12-14-40(50)44(38)54-3)21-35(19-30-15-17-46-26-30)41(51)23-43(52)45(28-48,25-31-16-18-47-27-31)24-29-9-13-39(49)42(20-29)53-2/h5-18,20,26-27,35,41,48-51H,4,19,21-25,28H2,1-3H3. The number of phenolic OH excluding ortho intramolecular Hbond substituents is 2. The summed E-state index contributed by atoms with van der Waals surface area (Å²) in [4.78, 5) is 23.0. The van der Waals surface area contributed by atoms with Gasteiger partial charge in [-0.2, -0.15) is 12.4 Å². The number of Topliss-reactive ketones (excluding diaryl/α,β-unsaturated/α-hetero) is 1. The highest BCUT2D eigenvalue weighted by molar-refractivity contribution is 5.90. The van der Waals surface area contributed by atoms with Gasteiger partial charge in [0.05, 0.1) is 38.4 Å². The largest absolute Gasteiger partial charge is 0.670 e. The van der Waals surface area contributed by atoms with E-state index in [0.29, 0.717) is 30.6 Å². The van der Waals surface area contributed by atoms with E-state index in [2.05, 4.69) is 41.2 Å². The van der Waals surface area contributed by atoms with Gasteiger partial charge in [-0.25, -0.2) is 0 Å². The second-order valence-corrected chi connectivity index (χ2v) is 14.2. The minimum atomic E-state index is -1.29. The number of aromatic hydroxyl groups is 2. The summed E-state index contributed by atoms with van der Waals surface area (Å²) in [5.41, 5.74) is 5.18. The molecule has 0 saturated carbocycles. The molecule has 6 rings (SSSR count). The minimum absolute atomic E-state index is 0.0284. The van der Waals surface area contributed by atoms with Crippen molar-refractivity contribution in [2.45, 2.75) is 58.0 Å². The first-order valence-corrected chi connectivity index (χ1v) is 18.3. The highest BCUT2D eigenvalue weighted by Gasteiger charge is 2.42. The van der Waals surface area contributed by atoms with Crippen molar-refractivity contribution in [3.63, 3.8) is 0 Å². The number of carbonyl (C=O) groups excluding carboxylic acids is 1. The third-order valence-corrected chi connectivity index (χ3v) is 10.8. The molecule has 5 aromatic rings. The predicted octanol–water partition coefficient (Wildman–Crippen LogP) is 6.88. The highest BCUT2D eigenvalue weighted by atomic mass is 16.5. The van der Waals surface area contributed by atoms with Gasteiger partial charge in [-0.3, -0.25) is 4.79 Å². The smallest absolute Gasteiger partial charge is 0.176 e. The van der Waals surface area contributed by atoms with E-state index >= 15 is 0 Å². The Hall–Kier alpha value is -5.51.